The van der Waals surface area contributed by atoms with E-state index in [0.29, 0.717) is 10.7 Å². The van der Waals surface area contributed by atoms with Gasteiger partial charge in [-0.3, -0.25) is 0 Å². The summed E-state index contributed by atoms with van der Waals surface area (Å²) in [6, 6.07) is 11.2. The fourth-order valence-corrected chi connectivity index (χ4v) is 2.63. The van der Waals surface area contributed by atoms with Gasteiger partial charge in [0, 0.05) is 24.4 Å². The molecule has 0 unspecified atom stereocenters. The molecule has 0 aliphatic rings. The van der Waals surface area contributed by atoms with Crippen molar-refractivity contribution in [1.82, 2.24) is 9.55 Å². The number of nitrogen functional groups attached to an aromatic ring is 1. The fraction of sp³-hybridized carbons (Fsp3) is 0.133. The maximum Gasteiger partial charge on any atom is 0.142 e. The van der Waals surface area contributed by atoms with Crippen LogP contribution in [0.25, 0.3) is 22.4 Å². The van der Waals surface area contributed by atoms with E-state index in [0.717, 1.165) is 28.2 Å². The molecule has 0 aliphatic carbocycles. The number of aryl methyl sites for hydroxylation is 1. The Morgan fingerprint density at radius 1 is 1.25 bits per heavy atom. The van der Waals surface area contributed by atoms with E-state index < -0.39 is 0 Å². The Bertz CT molecular complexity index is 795. The molecule has 102 valence electrons. The van der Waals surface area contributed by atoms with Crippen LogP contribution in [0.3, 0.4) is 0 Å². The summed E-state index contributed by atoms with van der Waals surface area (Å²) in [6.07, 6.45) is 0. The van der Waals surface area contributed by atoms with Gasteiger partial charge in [0.15, 0.2) is 0 Å². The number of imidazole rings is 1. The van der Waals surface area contributed by atoms with Crippen molar-refractivity contribution in [2.24, 2.45) is 7.05 Å². The van der Waals surface area contributed by atoms with Gasteiger partial charge >= 0.3 is 0 Å². The summed E-state index contributed by atoms with van der Waals surface area (Å²) in [4.78, 5) is 4.62. The molecule has 0 aliphatic heterocycles. The molecule has 2 aromatic carbocycles. The Hall–Kier alpha value is -2.20. The molecule has 1 aromatic heterocycles. The zero-order chi connectivity index (χ0) is 14.3. The van der Waals surface area contributed by atoms with Crippen LogP contribution < -0.4 is 10.5 Å². The zero-order valence-corrected chi connectivity index (χ0v) is 12.0. The van der Waals surface area contributed by atoms with Gasteiger partial charge in [0.25, 0.3) is 0 Å². The van der Waals surface area contributed by atoms with Gasteiger partial charge < -0.3 is 15.0 Å². The number of para-hydroxylation sites is 1. The fourth-order valence-electron chi connectivity index (χ4n) is 2.33. The number of rotatable bonds is 2. The topological polar surface area (TPSA) is 53.1 Å². The highest BCUT2D eigenvalue weighted by Gasteiger charge is 2.14. The maximum atomic E-state index is 6.24. The quantitative estimate of drug-likeness (QED) is 0.734. The molecule has 3 rings (SSSR count). The lowest BCUT2D eigenvalue weighted by atomic mass is 10.1. The number of anilines is 1. The standard InChI is InChI=1S/C15H14ClN3O/c1-19-14-11(16)4-3-5-13(14)18-15(19)10-7-6-9(20-2)8-12(10)17/h3-8H,17H2,1-2H3. The first kappa shape index (κ1) is 12.8. The normalized spacial score (nSPS) is 10.9. The van der Waals surface area contributed by atoms with E-state index in [2.05, 4.69) is 4.98 Å². The first-order chi connectivity index (χ1) is 9.61. The molecule has 20 heavy (non-hydrogen) atoms. The molecule has 0 amide bonds. The minimum absolute atomic E-state index is 0.624. The van der Waals surface area contributed by atoms with Crippen molar-refractivity contribution in [2.75, 3.05) is 12.8 Å². The molecule has 0 saturated heterocycles. The summed E-state index contributed by atoms with van der Waals surface area (Å²) < 4.78 is 7.12. The highest BCUT2D eigenvalue weighted by molar-refractivity contribution is 6.35. The third-order valence-corrected chi connectivity index (χ3v) is 3.65. The minimum atomic E-state index is 0.624. The SMILES string of the molecule is COc1ccc(-c2nc3cccc(Cl)c3n2C)c(N)c1. The molecule has 5 heteroatoms. The molecule has 0 saturated carbocycles. The van der Waals surface area contributed by atoms with Crippen molar-refractivity contribution in [3.05, 3.63) is 41.4 Å². The number of benzene rings is 2. The number of fused-ring (bicyclic) bond motifs is 1. The second kappa shape index (κ2) is 4.72. The van der Waals surface area contributed by atoms with Crippen LogP contribution in [0.5, 0.6) is 5.75 Å². The summed E-state index contributed by atoms with van der Waals surface area (Å²) >= 11 is 6.24. The van der Waals surface area contributed by atoms with Gasteiger partial charge in [-0.05, 0) is 24.3 Å². The largest absolute Gasteiger partial charge is 0.497 e. The second-order valence-electron chi connectivity index (χ2n) is 4.56. The lowest BCUT2D eigenvalue weighted by Crippen LogP contribution is -1.97. The van der Waals surface area contributed by atoms with Gasteiger partial charge in [0.2, 0.25) is 0 Å². The molecule has 3 aromatic rings. The Morgan fingerprint density at radius 3 is 2.70 bits per heavy atom. The number of nitrogens with two attached hydrogens (primary N) is 1. The summed E-state index contributed by atoms with van der Waals surface area (Å²) in [5.74, 6) is 1.51. The number of hydrogen-bond donors (Lipinski definition) is 1. The van der Waals surface area contributed by atoms with Gasteiger partial charge in [0.05, 0.1) is 23.2 Å². The van der Waals surface area contributed by atoms with Gasteiger partial charge in [-0.15, -0.1) is 0 Å². The van der Waals surface area contributed by atoms with E-state index in [4.69, 9.17) is 22.1 Å². The Kier molecular flexibility index (Phi) is 3.03. The van der Waals surface area contributed by atoms with Crippen LogP contribution >= 0.6 is 11.6 Å². The average molecular weight is 288 g/mol. The monoisotopic (exact) mass is 287 g/mol. The molecule has 0 atom stereocenters. The van der Waals surface area contributed by atoms with Crippen LogP contribution in [0.4, 0.5) is 5.69 Å². The molecular formula is C15H14ClN3O. The van der Waals surface area contributed by atoms with Gasteiger partial charge in [-0.25, -0.2) is 4.98 Å². The van der Waals surface area contributed by atoms with Crippen LogP contribution in [0, 0.1) is 0 Å². The molecule has 0 radical (unpaired) electrons. The van der Waals surface area contributed by atoms with E-state index in [9.17, 15) is 0 Å². The van der Waals surface area contributed by atoms with Gasteiger partial charge in [-0.2, -0.15) is 0 Å². The third kappa shape index (κ3) is 1.89. The molecule has 2 N–H and O–H groups in total. The first-order valence-corrected chi connectivity index (χ1v) is 6.54. The van der Waals surface area contributed by atoms with Crippen molar-refractivity contribution < 1.29 is 4.74 Å². The molecule has 0 spiro atoms. The zero-order valence-electron chi connectivity index (χ0n) is 11.2. The maximum absolute atomic E-state index is 6.24. The van der Waals surface area contributed by atoms with Crippen LogP contribution in [0.15, 0.2) is 36.4 Å². The number of halogens is 1. The number of nitrogens with zero attached hydrogens (tertiary/aromatic N) is 2. The lowest BCUT2D eigenvalue weighted by molar-refractivity contribution is 0.415. The minimum Gasteiger partial charge on any atom is -0.497 e. The highest BCUT2D eigenvalue weighted by Crippen LogP contribution is 2.32. The van der Waals surface area contributed by atoms with E-state index >= 15 is 0 Å². The van der Waals surface area contributed by atoms with Gasteiger partial charge in [0.1, 0.15) is 11.6 Å². The smallest absolute Gasteiger partial charge is 0.142 e. The van der Waals surface area contributed by atoms with Crippen LogP contribution in [-0.2, 0) is 7.05 Å². The number of methoxy groups -OCH3 is 1. The molecule has 1 heterocycles. The number of aromatic nitrogens is 2. The molecule has 4 nitrogen and oxygen atoms in total. The van der Waals surface area contributed by atoms with Crippen molar-refractivity contribution in [2.45, 2.75) is 0 Å². The Balaban J connectivity index is 2.25. The van der Waals surface area contributed by atoms with E-state index in [1.54, 1.807) is 13.2 Å². The Morgan fingerprint density at radius 2 is 2.05 bits per heavy atom. The summed E-state index contributed by atoms with van der Waals surface area (Å²) in [7, 11) is 3.55. The third-order valence-electron chi connectivity index (χ3n) is 3.34. The van der Waals surface area contributed by atoms with E-state index in [1.807, 2.05) is 41.9 Å². The predicted molar refractivity (Wildman–Crippen MR) is 82.1 cm³/mol. The van der Waals surface area contributed by atoms with Crippen LogP contribution in [-0.4, -0.2) is 16.7 Å². The lowest BCUT2D eigenvalue weighted by Gasteiger charge is -2.08. The summed E-state index contributed by atoms with van der Waals surface area (Å²) in [5, 5.41) is 0.677. The van der Waals surface area contributed by atoms with Crippen molar-refractivity contribution in [3.8, 4) is 17.1 Å². The molecule has 0 bridgehead atoms. The Labute approximate surface area is 121 Å². The van der Waals surface area contributed by atoms with Gasteiger partial charge in [-0.1, -0.05) is 17.7 Å². The highest BCUT2D eigenvalue weighted by atomic mass is 35.5. The van der Waals surface area contributed by atoms with Crippen molar-refractivity contribution in [1.29, 1.82) is 0 Å². The number of hydrogen-bond acceptors (Lipinski definition) is 3. The predicted octanol–water partition coefficient (Wildman–Crippen LogP) is 3.48. The summed E-state index contributed by atoms with van der Waals surface area (Å²) in [6.45, 7) is 0. The van der Waals surface area contributed by atoms with Crippen LogP contribution in [0.1, 0.15) is 0 Å². The van der Waals surface area contributed by atoms with E-state index in [-0.39, 0.29) is 0 Å². The van der Waals surface area contributed by atoms with Crippen molar-refractivity contribution >= 4 is 28.3 Å². The average Bonchev–Trinajstić information content (AvgIpc) is 2.77. The molecular weight excluding hydrogens is 274 g/mol. The second-order valence-corrected chi connectivity index (χ2v) is 4.96. The number of ether oxygens (including phenoxy) is 1. The first-order valence-electron chi connectivity index (χ1n) is 6.16. The van der Waals surface area contributed by atoms with E-state index in [1.165, 1.54) is 0 Å². The van der Waals surface area contributed by atoms with Crippen molar-refractivity contribution in [3.63, 3.8) is 0 Å². The summed E-state index contributed by atoms with van der Waals surface area (Å²) in [5.41, 5.74) is 9.33. The van der Waals surface area contributed by atoms with Crippen LogP contribution in [0.2, 0.25) is 5.02 Å². The molecule has 0 fully saturated rings.